The molecule has 0 spiro atoms. The molecular weight excluding hydrogens is 436 g/mol. The number of nitrogen functional groups attached to an aromatic ring is 1. The van der Waals surface area contributed by atoms with Gasteiger partial charge in [-0.2, -0.15) is 4.98 Å². The van der Waals surface area contributed by atoms with Crippen LogP contribution >= 0.6 is 0 Å². The first kappa shape index (κ1) is 25.3. The third-order valence-corrected chi connectivity index (χ3v) is 5.08. The van der Waals surface area contributed by atoms with E-state index in [4.69, 9.17) is 24.7 Å². The van der Waals surface area contributed by atoms with Crippen molar-refractivity contribution < 1.29 is 29.2 Å². The van der Waals surface area contributed by atoms with Crippen molar-refractivity contribution in [3.63, 3.8) is 0 Å². The molecule has 1 saturated heterocycles. The molecule has 1 aliphatic rings. The number of anilines is 2. The van der Waals surface area contributed by atoms with Crippen LogP contribution in [0.25, 0.3) is 11.2 Å². The molecular formula is C20H34N6O7. The Morgan fingerprint density at radius 1 is 1.18 bits per heavy atom. The topological polar surface area (TPSA) is 179 Å². The predicted octanol–water partition coefficient (Wildman–Crippen LogP) is -0.396. The lowest BCUT2D eigenvalue weighted by Gasteiger charge is -2.17. The van der Waals surface area contributed by atoms with Gasteiger partial charge < -0.3 is 40.2 Å². The van der Waals surface area contributed by atoms with Gasteiger partial charge in [-0.3, -0.25) is 14.3 Å². The van der Waals surface area contributed by atoms with Gasteiger partial charge in [0.1, 0.15) is 12.3 Å². The summed E-state index contributed by atoms with van der Waals surface area (Å²) in [6.45, 7) is 5.64. The van der Waals surface area contributed by atoms with Crippen molar-refractivity contribution in [2.75, 3.05) is 63.8 Å². The molecule has 0 amide bonds. The number of H-pyrrole nitrogens is 1. The van der Waals surface area contributed by atoms with E-state index in [0.717, 1.165) is 13.0 Å². The minimum Gasteiger partial charge on any atom is -0.394 e. The molecule has 6 N–H and O–H groups in total. The number of hydrogen-bond donors (Lipinski definition) is 5. The zero-order chi connectivity index (χ0) is 23.6. The van der Waals surface area contributed by atoms with Gasteiger partial charge in [0.15, 0.2) is 11.2 Å². The molecule has 186 valence electrons. The molecule has 13 heteroatoms. The molecule has 0 saturated carbocycles. The van der Waals surface area contributed by atoms with E-state index >= 15 is 0 Å². The van der Waals surface area contributed by atoms with Crippen LogP contribution in [0.2, 0.25) is 0 Å². The van der Waals surface area contributed by atoms with Gasteiger partial charge in [-0.15, -0.1) is 0 Å². The molecule has 0 radical (unpaired) electrons. The van der Waals surface area contributed by atoms with Gasteiger partial charge in [0.05, 0.1) is 39.1 Å². The summed E-state index contributed by atoms with van der Waals surface area (Å²) in [6.07, 6.45) is -0.345. The number of imidazole rings is 1. The van der Waals surface area contributed by atoms with E-state index in [-0.39, 0.29) is 30.1 Å². The Kier molecular flexibility index (Phi) is 9.84. The van der Waals surface area contributed by atoms with E-state index in [2.05, 4.69) is 27.2 Å². The fourth-order valence-electron chi connectivity index (χ4n) is 3.50. The first-order chi connectivity index (χ1) is 16.0. The monoisotopic (exact) mass is 470 g/mol. The molecule has 3 atom stereocenters. The van der Waals surface area contributed by atoms with E-state index in [1.807, 2.05) is 0 Å². The number of aromatic amines is 1. The van der Waals surface area contributed by atoms with E-state index < -0.39 is 24.0 Å². The Bertz CT molecular complexity index is 920. The second-order valence-electron chi connectivity index (χ2n) is 7.66. The molecule has 3 heterocycles. The highest BCUT2D eigenvalue weighted by Gasteiger charge is 2.37. The summed E-state index contributed by atoms with van der Waals surface area (Å²) in [6, 6.07) is 0. The summed E-state index contributed by atoms with van der Waals surface area (Å²) in [4.78, 5) is 23.3. The average Bonchev–Trinajstić information content (AvgIpc) is 3.34. The lowest BCUT2D eigenvalue weighted by Crippen LogP contribution is -2.24. The molecule has 1 unspecified atom stereocenters. The first-order valence-corrected chi connectivity index (χ1v) is 11.2. The maximum atomic E-state index is 12.3. The fourth-order valence-corrected chi connectivity index (χ4v) is 3.50. The lowest BCUT2D eigenvalue weighted by molar-refractivity contribution is -0.0425. The van der Waals surface area contributed by atoms with Gasteiger partial charge in [-0.25, -0.2) is 4.98 Å². The van der Waals surface area contributed by atoms with Gasteiger partial charge in [-0.1, -0.05) is 6.92 Å². The molecule has 0 bridgehead atoms. The summed E-state index contributed by atoms with van der Waals surface area (Å²) < 4.78 is 23.7. The van der Waals surface area contributed by atoms with Crippen molar-refractivity contribution in [3.8, 4) is 0 Å². The van der Waals surface area contributed by atoms with Crippen LogP contribution in [0, 0.1) is 0 Å². The zero-order valence-corrected chi connectivity index (χ0v) is 18.9. The standard InChI is InChI=1S/C20H34N6O7/c1-2-5-30-7-9-32-10-8-31-6-3-4-22-20-23-16-17(24-19(21)25-18(16)29)26(20)15-11-13(28)14(12-27)33-15/h13-15,27-28H,2-12H2,1H3,(H,22,23)(H3,21,24,25,29)/t13?,14-,15-/m1/s1. The highest BCUT2D eigenvalue weighted by Crippen LogP contribution is 2.33. The molecule has 0 aliphatic carbocycles. The second-order valence-corrected chi connectivity index (χ2v) is 7.66. The highest BCUT2D eigenvalue weighted by atomic mass is 16.5. The molecule has 13 nitrogen and oxygen atoms in total. The third-order valence-electron chi connectivity index (χ3n) is 5.08. The van der Waals surface area contributed by atoms with Crippen molar-refractivity contribution in [1.29, 1.82) is 0 Å². The largest absolute Gasteiger partial charge is 0.394 e. The molecule has 0 aromatic carbocycles. The second kappa shape index (κ2) is 12.8. The number of rotatable bonds is 15. The Morgan fingerprint density at radius 2 is 1.88 bits per heavy atom. The van der Waals surface area contributed by atoms with E-state index in [1.54, 1.807) is 4.57 Å². The van der Waals surface area contributed by atoms with Crippen molar-refractivity contribution in [2.45, 2.75) is 44.6 Å². The normalized spacial score (nSPS) is 20.6. The molecule has 1 aliphatic heterocycles. The number of aromatic nitrogens is 4. The van der Waals surface area contributed by atoms with Crippen molar-refractivity contribution in [3.05, 3.63) is 10.4 Å². The van der Waals surface area contributed by atoms with Crippen LogP contribution in [0.3, 0.4) is 0 Å². The van der Waals surface area contributed by atoms with Crippen LogP contribution < -0.4 is 16.6 Å². The maximum Gasteiger partial charge on any atom is 0.280 e. The quantitative estimate of drug-likeness (QED) is 0.214. The highest BCUT2D eigenvalue weighted by molar-refractivity contribution is 5.74. The van der Waals surface area contributed by atoms with Crippen LogP contribution in [-0.4, -0.2) is 94.7 Å². The Labute approximate surface area is 191 Å². The number of nitrogens with zero attached hydrogens (tertiary/aromatic N) is 3. The smallest absolute Gasteiger partial charge is 0.280 e. The molecule has 3 rings (SSSR count). The SMILES string of the molecule is CCCOCCOCCOCCCNc1nc2c(=O)[nH]c(N)nc2n1[C@H]1CC(O)[C@@H](CO)O1. The Hall–Kier alpha value is -2.29. The van der Waals surface area contributed by atoms with Gasteiger partial charge >= 0.3 is 0 Å². The van der Waals surface area contributed by atoms with E-state index in [0.29, 0.717) is 51.9 Å². The number of ether oxygens (including phenoxy) is 4. The lowest BCUT2D eigenvalue weighted by atomic mass is 10.2. The summed E-state index contributed by atoms with van der Waals surface area (Å²) in [5.41, 5.74) is 5.58. The van der Waals surface area contributed by atoms with Crippen LogP contribution in [0.1, 0.15) is 32.4 Å². The van der Waals surface area contributed by atoms with Gasteiger partial charge in [0.25, 0.3) is 5.56 Å². The summed E-state index contributed by atoms with van der Waals surface area (Å²) in [5, 5.41) is 22.7. The molecule has 2 aromatic heterocycles. The van der Waals surface area contributed by atoms with Crippen molar-refractivity contribution in [1.82, 2.24) is 19.5 Å². The van der Waals surface area contributed by atoms with Gasteiger partial charge in [0.2, 0.25) is 11.9 Å². The predicted molar refractivity (Wildman–Crippen MR) is 120 cm³/mol. The number of nitrogens with two attached hydrogens (primary N) is 1. The number of nitrogens with one attached hydrogen (secondary N) is 2. The van der Waals surface area contributed by atoms with Crippen LogP contribution in [0.15, 0.2) is 4.79 Å². The Morgan fingerprint density at radius 3 is 2.55 bits per heavy atom. The maximum absolute atomic E-state index is 12.3. The number of fused-ring (bicyclic) bond motifs is 1. The minimum atomic E-state index is -0.849. The summed E-state index contributed by atoms with van der Waals surface area (Å²) in [7, 11) is 0. The third kappa shape index (κ3) is 6.85. The summed E-state index contributed by atoms with van der Waals surface area (Å²) >= 11 is 0. The fraction of sp³-hybridized carbons (Fsp3) is 0.750. The number of aliphatic hydroxyl groups is 2. The molecule has 33 heavy (non-hydrogen) atoms. The van der Waals surface area contributed by atoms with Crippen LogP contribution in [0.4, 0.5) is 11.9 Å². The van der Waals surface area contributed by atoms with Crippen LogP contribution in [-0.2, 0) is 18.9 Å². The number of hydrogen-bond acceptors (Lipinski definition) is 11. The average molecular weight is 471 g/mol. The number of aliphatic hydroxyl groups excluding tert-OH is 2. The van der Waals surface area contributed by atoms with Gasteiger partial charge in [0, 0.05) is 26.2 Å². The summed E-state index contributed by atoms with van der Waals surface area (Å²) in [5.74, 6) is 0.310. The van der Waals surface area contributed by atoms with Crippen molar-refractivity contribution in [2.24, 2.45) is 0 Å². The zero-order valence-electron chi connectivity index (χ0n) is 18.9. The molecule has 2 aromatic rings. The van der Waals surface area contributed by atoms with E-state index in [9.17, 15) is 15.0 Å². The molecule has 1 fully saturated rings. The van der Waals surface area contributed by atoms with Crippen molar-refractivity contribution >= 4 is 23.1 Å². The Balaban J connectivity index is 1.51. The first-order valence-electron chi connectivity index (χ1n) is 11.2. The minimum absolute atomic E-state index is 0.0509. The van der Waals surface area contributed by atoms with Crippen LogP contribution in [0.5, 0.6) is 0 Å². The van der Waals surface area contributed by atoms with Gasteiger partial charge in [-0.05, 0) is 12.8 Å². The van der Waals surface area contributed by atoms with E-state index in [1.165, 1.54) is 0 Å².